The first kappa shape index (κ1) is 18.1. The van der Waals surface area contributed by atoms with Gasteiger partial charge in [0.25, 0.3) is 0 Å². The highest BCUT2D eigenvalue weighted by molar-refractivity contribution is 5.90. The predicted octanol–water partition coefficient (Wildman–Crippen LogP) is 2.42. The lowest BCUT2D eigenvalue weighted by molar-refractivity contribution is -0.118. The number of carbonyl (C=O) groups is 2. The van der Waals surface area contributed by atoms with E-state index in [1.54, 1.807) is 67.6 Å². The Morgan fingerprint density at radius 3 is 2.08 bits per heavy atom. The van der Waals surface area contributed by atoms with Gasteiger partial charge in [-0.05, 0) is 24.3 Å². The summed E-state index contributed by atoms with van der Waals surface area (Å²) in [5, 5.41) is 9.95. The van der Waals surface area contributed by atoms with E-state index in [9.17, 15) is 14.7 Å². The summed E-state index contributed by atoms with van der Waals surface area (Å²) in [6.07, 6.45) is -2.55. The van der Waals surface area contributed by atoms with Crippen molar-refractivity contribution in [1.82, 2.24) is 0 Å². The second-order valence-electron chi connectivity index (χ2n) is 6.12. The van der Waals surface area contributed by atoms with Gasteiger partial charge in [0.1, 0.15) is 18.8 Å². The fraction of sp³-hybridized carbons (Fsp3) is 0.300. The maximum absolute atomic E-state index is 12.3. The van der Waals surface area contributed by atoms with Gasteiger partial charge >= 0.3 is 11.9 Å². The third-order valence-electron chi connectivity index (χ3n) is 4.29. The van der Waals surface area contributed by atoms with Crippen LogP contribution in [0.5, 0.6) is 0 Å². The van der Waals surface area contributed by atoms with E-state index >= 15 is 0 Å². The Kier molecular flexibility index (Phi) is 5.65. The zero-order chi connectivity index (χ0) is 18.5. The second kappa shape index (κ2) is 8.12. The summed E-state index contributed by atoms with van der Waals surface area (Å²) in [6, 6.07) is 17.1. The monoisotopic (exact) mass is 356 g/mol. The summed E-state index contributed by atoms with van der Waals surface area (Å²) in [5.41, 5.74) is 0.818. The molecule has 2 aromatic rings. The third-order valence-corrected chi connectivity index (χ3v) is 4.29. The highest BCUT2D eigenvalue weighted by Gasteiger charge is 2.44. The lowest BCUT2D eigenvalue weighted by atomic mass is 10.0. The molecule has 3 rings (SSSR count). The number of ether oxygens (including phenoxy) is 3. The molecule has 1 fully saturated rings. The summed E-state index contributed by atoms with van der Waals surface area (Å²) in [6.45, 7) is 1.59. The van der Waals surface area contributed by atoms with Gasteiger partial charge in [0.05, 0.1) is 11.1 Å². The van der Waals surface area contributed by atoms with Crippen molar-refractivity contribution in [3.8, 4) is 0 Å². The molecular formula is C20H20O6. The molecule has 0 aliphatic carbocycles. The molecule has 0 amide bonds. The topological polar surface area (TPSA) is 82.1 Å². The van der Waals surface area contributed by atoms with Crippen LogP contribution in [0.3, 0.4) is 0 Å². The molecule has 6 nitrogen and oxygen atoms in total. The Bertz CT molecular complexity index is 745. The maximum atomic E-state index is 12.3. The van der Waals surface area contributed by atoms with Gasteiger partial charge in [-0.3, -0.25) is 0 Å². The molecule has 6 heteroatoms. The van der Waals surface area contributed by atoms with Crippen LogP contribution in [0, 0.1) is 5.92 Å². The fourth-order valence-corrected chi connectivity index (χ4v) is 2.78. The molecule has 2 aromatic carbocycles. The Labute approximate surface area is 151 Å². The average Bonchev–Trinajstić information content (AvgIpc) is 2.95. The van der Waals surface area contributed by atoms with Gasteiger partial charge in [-0.25, -0.2) is 9.59 Å². The third kappa shape index (κ3) is 4.09. The minimum Gasteiger partial charge on any atom is -0.459 e. The molecule has 1 unspecified atom stereocenters. The van der Waals surface area contributed by atoms with Crippen molar-refractivity contribution in [2.75, 3.05) is 6.61 Å². The van der Waals surface area contributed by atoms with Crippen LogP contribution in [0.2, 0.25) is 0 Å². The number of hydrogen-bond donors (Lipinski definition) is 1. The van der Waals surface area contributed by atoms with Gasteiger partial charge in [0.2, 0.25) is 0 Å². The number of hydrogen-bond acceptors (Lipinski definition) is 6. The van der Waals surface area contributed by atoms with Crippen molar-refractivity contribution in [2.24, 2.45) is 5.92 Å². The van der Waals surface area contributed by atoms with Crippen molar-refractivity contribution >= 4 is 11.9 Å². The average molecular weight is 356 g/mol. The number of carbonyl (C=O) groups excluding carboxylic acids is 2. The van der Waals surface area contributed by atoms with Crippen molar-refractivity contribution in [3.63, 3.8) is 0 Å². The van der Waals surface area contributed by atoms with Gasteiger partial charge in [-0.2, -0.15) is 0 Å². The quantitative estimate of drug-likeness (QED) is 0.829. The zero-order valence-corrected chi connectivity index (χ0v) is 14.3. The summed E-state index contributed by atoms with van der Waals surface area (Å²) in [7, 11) is 0. The second-order valence-corrected chi connectivity index (χ2v) is 6.12. The lowest BCUT2D eigenvalue weighted by Crippen LogP contribution is -2.35. The zero-order valence-electron chi connectivity index (χ0n) is 14.3. The molecule has 136 valence electrons. The van der Waals surface area contributed by atoms with E-state index in [0.29, 0.717) is 11.1 Å². The standard InChI is InChI=1S/C20H20O6/c1-13-17(26-20(23)15-10-6-3-7-11-15)16(25-18(13)21)12-24-19(22)14-8-4-2-5-9-14/h2-11,13,16-18,21H,12H2,1H3/t13-,16+,17-,18?/m0/s1. The van der Waals surface area contributed by atoms with Crippen LogP contribution in [-0.4, -0.2) is 42.1 Å². The van der Waals surface area contributed by atoms with Crippen LogP contribution in [0.25, 0.3) is 0 Å². The number of aliphatic hydroxyl groups excluding tert-OH is 1. The van der Waals surface area contributed by atoms with Crippen LogP contribution in [0.4, 0.5) is 0 Å². The number of esters is 2. The first-order valence-electron chi connectivity index (χ1n) is 8.38. The molecule has 1 aliphatic rings. The van der Waals surface area contributed by atoms with Gasteiger partial charge in [-0.1, -0.05) is 43.3 Å². The molecule has 4 atom stereocenters. The van der Waals surface area contributed by atoms with Crippen LogP contribution >= 0.6 is 0 Å². The predicted molar refractivity (Wildman–Crippen MR) is 92.4 cm³/mol. The van der Waals surface area contributed by atoms with Crippen LogP contribution in [0.15, 0.2) is 60.7 Å². The number of aliphatic hydroxyl groups is 1. The molecule has 1 saturated heterocycles. The van der Waals surface area contributed by atoms with Crippen LogP contribution in [0.1, 0.15) is 27.6 Å². The van der Waals surface area contributed by atoms with E-state index in [4.69, 9.17) is 14.2 Å². The van der Waals surface area contributed by atoms with Gasteiger partial charge < -0.3 is 19.3 Å². The highest BCUT2D eigenvalue weighted by atomic mass is 16.7. The Morgan fingerprint density at radius 2 is 1.50 bits per heavy atom. The smallest absolute Gasteiger partial charge is 0.338 e. The first-order valence-corrected chi connectivity index (χ1v) is 8.38. The van der Waals surface area contributed by atoms with E-state index in [1.807, 2.05) is 0 Å². The van der Waals surface area contributed by atoms with E-state index in [-0.39, 0.29) is 6.61 Å². The van der Waals surface area contributed by atoms with Crippen molar-refractivity contribution in [3.05, 3.63) is 71.8 Å². The summed E-state index contributed by atoms with van der Waals surface area (Å²) in [5.74, 6) is -1.46. The largest absolute Gasteiger partial charge is 0.459 e. The SMILES string of the molecule is C[C@@H]1C(O)O[C@H](COC(=O)c2ccccc2)[C@H]1OC(=O)c1ccccc1. The van der Waals surface area contributed by atoms with Crippen molar-refractivity contribution < 1.29 is 28.9 Å². The van der Waals surface area contributed by atoms with Gasteiger partial charge in [0.15, 0.2) is 6.29 Å². The summed E-state index contributed by atoms with van der Waals surface area (Å²) in [4.78, 5) is 24.4. The molecule has 1 aliphatic heterocycles. The van der Waals surface area contributed by atoms with Gasteiger partial charge in [-0.15, -0.1) is 0 Å². The van der Waals surface area contributed by atoms with Gasteiger partial charge in [0, 0.05) is 5.92 Å². The number of benzene rings is 2. The normalized spacial score (nSPS) is 24.8. The number of rotatable bonds is 5. The highest BCUT2D eigenvalue weighted by Crippen LogP contribution is 2.29. The van der Waals surface area contributed by atoms with Crippen LogP contribution in [-0.2, 0) is 14.2 Å². The Morgan fingerprint density at radius 1 is 0.962 bits per heavy atom. The van der Waals surface area contributed by atoms with E-state index in [0.717, 1.165) is 0 Å². The molecule has 1 heterocycles. The lowest BCUT2D eigenvalue weighted by Gasteiger charge is -2.21. The van der Waals surface area contributed by atoms with E-state index in [1.165, 1.54) is 0 Å². The molecule has 1 N–H and O–H groups in total. The molecule has 0 radical (unpaired) electrons. The molecule has 0 saturated carbocycles. The van der Waals surface area contributed by atoms with Crippen molar-refractivity contribution in [2.45, 2.75) is 25.4 Å². The van der Waals surface area contributed by atoms with E-state index < -0.39 is 36.4 Å². The molecule has 0 aromatic heterocycles. The maximum Gasteiger partial charge on any atom is 0.338 e. The Hall–Kier alpha value is -2.70. The Balaban J connectivity index is 1.63. The summed E-state index contributed by atoms with van der Waals surface area (Å²) >= 11 is 0. The van der Waals surface area contributed by atoms with E-state index in [2.05, 4.69) is 0 Å². The molecule has 0 spiro atoms. The molecular weight excluding hydrogens is 336 g/mol. The summed E-state index contributed by atoms with van der Waals surface area (Å²) < 4.78 is 16.2. The molecule has 0 bridgehead atoms. The minimum atomic E-state index is -1.09. The van der Waals surface area contributed by atoms with Crippen LogP contribution < -0.4 is 0 Å². The van der Waals surface area contributed by atoms with Crippen molar-refractivity contribution in [1.29, 1.82) is 0 Å². The first-order chi connectivity index (χ1) is 12.6. The minimum absolute atomic E-state index is 0.123. The molecule has 26 heavy (non-hydrogen) atoms. The fourth-order valence-electron chi connectivity index (χ4n) is 2.78.